The number of amides is 1. The maximum Gasteiger partial charge on any atom is 0.312 e. The van der Waals surface area contributed by atoms with Crippen molar-refractivity contribution in [3.63, 3.8) is 0 Å². The SMILES string of the molecule is C[C@@H](C(=O)O)c1nn(CC(=O)N(C)C)c(=O)c2ccccc12. The van der Waals surface area contributed by atoms with Crippen molar-refractivity contribution < 1.29 is 14.7 Å². The minimum atomic E-state index is -1.04. The van der Waals surface area contributed by atoms with Crippen LogP contribution in [0.5, 0.6) is 0 Å². The second kappa shape index (κ2) is 5.97. The third kappa shape index (κ3) is 2.83. The molecule has 0 unspecified atom stereocenters. The van der Waals surface area contributed by atoms with Crippen molar-refractivity contribution in [3.8, 4) is 0 Å². The second-order valence-electron chi connectivity index (χ2n) is 5.24. The summed E-state index contributed by atoms with van der Waals surface area (Å²) in [5.74, 6) is -2.22. The molecule has 22 heavy (non-hydrogen) atoms. The summed E-state index contributed by atoms with van der Waals surface area (Å²) in [5.41, 5.74) is -0.138. The van der Waals surface area contributed by atoms with Crippen LogP contribution in [0, 0.1) is 0 Å². The summed E-state index contributed by atoms with van der Waals surface area (Å²) in [4.78, 5) is 36.9. The van der Waals surface area contributed by atoms with E-state index in [9.17, 15) is 19.5 Å². The number of fused-ring (bicyclic) bond motifs is 1. The van der Waals surface area contributed by atoms with Gasteiger partial charge in [0, 0.05) is 19.5 Å². The van der Waals surface area contributed by atoms with E-state index in [1.54, 1.807) is 38.4 Å². The van der Waals surface area contributed by atoms with E-state index >= 15 is 0 Å². The molecule has 0 aliphatic carbocycles. The fourth-order valence-electron chi connectivity index (χ4n) is 2.07. The van der Waals surface area contributed by atoms with E-state index in [-0.39, 0.29) is 18.1 Å². The molecule has 1 N–H and O–H groups in total. The van der Waals surface area contributed by atoms with Gasteiger partial charge in [0.2, 0.25) is 5.91 Å². The lowest BCUT2D eigenvalue weighted by atomic mass is 10.0. The van der Waals surface area contributed by atoms with Gasteiger partial charge in [0.05, 0.1) is 17.0 Å². The van der Waals surface area contributed by atoms with Gasteiger partial charge in [-0.3, -0.25) is 14.4 Å². The van der Waals surface area contributed by atoms with E-state index in [4.69, 9.17) is 0 Å². The first-order valence-electron chi connectivity index (χ1n) is 6.75. The van der Waals surface area contributed by atoms with Gasteiger partial charge in [-0.25, -0.2) is 4.68 Å². The Balaban J connectivity index is 2.68. The lowest BCUT2D eigenvalue weighted by Gasteiger charge is -2.15. The molecule has 1 aromatic carbocycles. The maximum atomic E-state index is 12.4. The summed E-state index contributed by atoms with van der Waals surface area (Å²) in [6.07, 6.45) is 0. The number of hydrogen-bond acceptors (Lipinski definition) is 4. The number of nitrogens with zero attached hydrogens (tertiary/aromatic N) is 3. The molecule has 0 saturated carbocycles. The van der Waals surface area contributed by atoms with Crippen LogP contribution in [0.2, 0.25) is 0 Å². The van der Waals surface area contributed by atoms with Crippen LogP contribution in [0.15, 0.2) is 29.1 Å². The lowest BCUT2D eigenvalue weighted by molar-refractivity contribution is -0.138. The van der Waals surface area contributed by atoms with E-state index in [0.717, 1.165) is 4.68 Å². The second-order valence-corrected chi connectivity index (χ2v) is 5.24. The molecule has 1 aromatic heterocycles. The molecule has 0 aliphatic rings. The molecule has 1 atom stereocenters. The summed E-state index contributed by atoms with van der Waals surface area (Å²) in [7, 11) is 3.16. The number of benzene rings is 1. The fraction of sp³-hybridized carbons (Fsp3) is 0.333. The molecule has 7 nitrogen and oxygen atoms in total. The number of aliphatic carboxylic acids is 1. The van der Waals surface area contributed by atoms with Crippen molar-refractivity contribution in [3.05, 3.63) is 40.3 Å². The van der Waals surface area contributed by atoms with Crippen LogP contribution < -0.4 is 5.56 Å². The first kappa shape index (κ1) is 15.7. The van der Waals surface area contributed by atoms with Crippen LogP contribution in [-0.4, -0.2) is 45.8 Å². The minimum absolute atomic E-state index is 0.226. The Kier molecular flexibility index (Phi) is 4.25. The molecular weight excluding hydrogens is 286 g/mol. The Labute approximate surface area is 126 Å². The third-order valence-electron chi connectivity index (χ3n) is 3.46. The first-order chi connectivity index (χ1) is 10.3. The van der Waals surface area contributed by atoms with Gasteiger partial charge in [-0.05, 0) is 13.0 Å². The molecule has 0 fully saturated rings. The van der Waals surface area contributed by atoms with Crippen molar-refractivity contribution >= 4 is 22.6 Å². The molecule has 1 amide bonds. The van der Waals surface area contributed by atoms with Gasteiger partial charge in [-0.1, -0.05) is 18.2 Å². The molecule has 0 bridgehead atoms. The normalized spacial score (nSPS) is 12.1. The summed E-state index contributed by atoms with van der Waals surface area (Å²) < 4.78 is 1.03. The van der Waals surface area contributed by atoms with Crippen molar-refractivity contribution in [2.45, 2.75) is 19.4 Å². The van der Waals surface area contributed by atoms with Crippen LogP contribution in [0.3, 0.4) is 0 Å². The molecular formula is C15H17N3O4. The largest absolute Gasteiger partial charge is 0.481 e. The summed E-state index contributed by atoms with van der Waals surface area (Å²) in [5, 5.41) is 14.2. The summed E-state index contributed by atoms with van der Waals surface area (Å²) in [6.45, 7) is 1.27. The topological polar surface area (TPSA) is 92.5 Å². The van der Waals surface area contributed by atoms with Crippen molar-refractivity contribution in [1.82, 2.24) is 14.7 Å². The van der Waals surface area contributed by atoms with Gasteiger partial charge in [0.1, 0.15) is 6.54 Å². The third-order valence-corrected chi connectivity index (χ3v) is 3.46. The average Bonchev–Trinajstić information content (AvgIpc) is 2.49. The van der Waals surface area contributed by atoms with E-state index < -0.39 is 17.4 Å². The molecule has 0 radical (unpaired) electrons. The van der Waals surface area contributed by atoms with Gasteiger partial charge < -0.3 is 10.0 Å². The fourth-order valence-corrected chi connectivity index (χ4v) is 2.07. The highest BCUT2D eigenvalue weighted by Gasteiger charge is 2.21. The molecule has 116 valence electrons. The highest BCUT2D eigenvalue weighted by atomic mass is 16.4. The number of hydrogen-bond donors (Lipinski definition) is 1. The van der Waals surface area contributed by atoms with Gasteiger partial charge in [-0.2, -0.15) is 5.10 Å². The Morgan fingerprint density at radius 1 is 1.27 bits per heavy atom. The zero-order valence-corrected chi connectivity index (χ0v) is 12.6. The Bertz CT molecular complexity index is 795. The average molecular weight is 303 g/mol. The quantitative estimate of drug-likeness (QED) is 0.896. The van der Waals surface area contributed by atoms with E-state index in [1.165, 1.54) is 11.8 Å². The monoisotopic (exact) mass is 303 g/mol. The van der Waals surface area contributed by atoms with Crippen LogP contribution in [0.4, 0.5) is 0 Å². The van der Waals surface area contributed by atoms with Gasteiger partial charge in [-0.15, -0.1) is 0 Å². The van der Waals surface area contributed by atoms with Gasteiger partial charge in [0.15, 0.2) is 0 Å². The molecule has 1 heterocycles. The molecule has 2 rings (SSSR count). The Morgan fingerprint density at radius 2 is 1.86 bits per heavy atom. The zero-order valence-electron chi connectivity index (χ0n) is 12.6. The number of likely N-dealkylation sites (N-methyl/N-ethyl adjacent to an activating group) is 1. The van der Waals surface area contributed by atoms with Crippen LogP contribution >= 0.6 is 0 Å². The van der Waals surface area contributed by atoms with Crippen LogP contribution in [0.25, 0.3) is 10.8 Å². The molecule has 0 aliphatic heterocycles. The minimum Gasteiger partial charge on any atom is -0.481 e. The van der Waals surface area contributed by atoms with Crippen LogP contribution in [0.1, 0.15) is 18.5 Å². The van der Waals surface area contributed by atoms with Crippen molar-refractivity contribution in [2.24, 2.45) is 0 Å². The molecule has 7 heteroatoms. The number of aromatic nitrogens is 2. The van der Waals surface area contributed by atoms with Crippen molar-refractivity contribution in [2.75, 3.05) is 14.1 Å². The highest BCUT2D eigenvalue weighted by molar-refractivity contribution is 5.88. The number of carbonyl (C=O) groups is 2. The number of carbonyl (C=O) groups excluding carboxylic acids is 1. The van der Waals surface area contributed by atoms with Gasteiger partial charge >= 0.3 is 5.97 Å². The highest BCUT2D eigenvalue weighted by Crippen LogP contribution is 2.21. The Morgan fingerprint density at radius 3 is 2.41 bits per heavy atom. The molecule has 2 aromatic rings. The summed E-state index contributed by atoms with van der Waals surface area (Å²) in [6, 6.07) is 6.68. The predicted molar refractivity (Wildman–Crippen MR) is 80.7 cm³/mol. The van der Waals surface area contributed by atoms with Crippen LogP contribution in [-0.2, 0) is 16.1 Å². The van der Waals surface area contributed by atoms with E-state index in [2.05, 4.69) is 5.10 Å². The van der Waals surface area contributed by atoms with E-state index in [0.29, 0.717) is 10.8 Å². The Hall–Kier alpha value is -2.70. The zero-order chi connectivity index (χ0) is 16.4. The number of carboxylic acid groups (broad SMARTS) is 1. The van der Waals surface area contributed by atoms with Gasteiger partial charge in [0.25, 0.3) is 5.56 Å². The first-order valence-corrected chi connectivity index (χ1v) is 6.75. The smallest absolute Gasteiger partial charge is 0.312 e. The maximum absolute atomic E-state index is 12.4. The predicted octanol–water partition coefficient (Wildman–Crippen LogP) is 0.673. The number of carboxylic acids is 1. The summed E-state index contributed by atoms with van der Waals surface area (Å²) >= 11 is 0. The molecule has 0 saturated heterocycles. The van der Waals surface area contributed by atoms with Crippen molar-refractivity contribution in [1.29, 1.82) is 0 Å². The number of rotatable bonds is 4. The molecule has 0 spiro atoms. The standard InChI is InChI=1S/C15H17N3O4/c1-9(15(21)22)13-10-6-4-5-7-11(10)14(20)18(16-13)8-12(19)17(2)3/h4-7,9H,8H2,1-3H3,(H,21,22)/t9-/m1/s1. The lowest BCUT2D eigenvalue weighted by Crippen LogP contribution is -2.34. The van der Waals surface area contributed by atoms with E-state index in [1.807, 2.05) is 0 Å².